The Balaban J connectivity index is 2.63. The lowest BCUT2D eigenvalue weighted by Crippen LogP contribution is -2.15. The molecule has 0 heterocycles. The maximum Gasteiger partial charge on any atom is 0.130 e. The fourth-order valence-corrected chi connectivity index (χ4v) is 1.62. The van der Waals surface area contributed by atoms with Gasteiger partial charge in [-0.1, -0.05) is 32.4 Å². The van der Waals surface area contributed by atoms with E-state index in [0.717, 1.165) is 6.42 Å². The minimum atomic E-state index is 0.0544. The van der Waals surface area contributed by atoms with E-state index in [-0.39, 0.29) is 5.84 Å². The van der Waals surface area contributed by atoms with Gasteiger partial charge in [0, 0.05) is 0 Å². The van der Waals surface area contributed by atoms with Crippen LogP contribution in [0.2, 0.25) is 0 Å². The fraction of sp³-hybridized carbons (Fsp3) is 0.462. The van der Waals surface area contributed by atoms with Crippen LogP contribution in [0.1, 0.15) is 32.3 Å². The highest BCUT2D eigenvalue weighted by Gasteiger charge is 2.07. The first-order valence-electron chi connectivity index (χ1n) is 5.71. The smallest absolute Gasteiger partial charge is 0.130 e. The summed E-state index contributed by atoms with van der Waals surface area (Å²) in [7, 11) is 0. The molecule has 0 bridgehead atoms. The lowest BCUT2D eigenvalue weighted by molar-refractivity contribution is 0.251. The molecule has 1 atom stereocenters. The van der Waals surface area contributed by atoms with Crippen LogP contribution in [0, 0.1) is 11.3 Å². The zero-order valence-electron chi connectivity index (χ0n) is 9.99. The Bertz CT molecular complexity index is 350. The monoisotopic (exact) mass is 220 g/mol. The molecule has 1 aromatic carbocycles. The molecule has 16 heavy (non-hydrogen) atoms. The number of ether oxygens (including phenoxy) is 1. The van der Waals surface area contributed by atoms with Crippen LogP contribution in [0.4, 0.5) is 0 Å². The van der Waals surface area contributed by atoms with Crippen molar-refractivity contribution in [3.8, 4) is 5.75 Å². The molecule has 0 spiro atoms. The molecule has 1 aromatic rings. The van der Waals surface area contributed by atoms with Crippen molar-refractivity contribution in [3.05, 3.63) is 29.8 Å². The van der Waals surface area contributed by atoms with E-state index in [4.69, 9.17) is 15.9 Å². The van der Waals surface area contributed by atoms with Crippen LogP contribution < -0.4 is 10.5 Å². The largest absolute Gasteiger partial charge is 0.493 e. The van der Waals surface area contributed by atoms with E-state index in [9.17, 15) is 0 Å². The van der Waals surface area contributed by atoms with Gasteiger partial charge in [0.1, 0.15) is 11.6 Å². The van der Waals surface area contributed by atoms with Crippen LogP contribution in [0.15, 0.2) is 24.3 Å². The first-order valence-corrected chi connectivity index (χ1v) is 5.71. The Hall–Kier alpha value is -1.51. The van der Waals surface area contributed by atoms with Crippen molar-refractivity contribution >= 4 is 5.84 Å². The van der Waals surface area contributed by atoms with Gasteiger partial charge >= 0.3 is 0 Å². The lowest BCUT2D eigenvalue weighted by Gasteiger charge is -2.14. The summed E-state index contributed by atoms with van der Waals surface area (Å²) in [6.45, 7) is 5.01. The van der Waals surface area contributed by atoms with E-state index in [1.807, 2.05) is 24.3 Å². The maximum atomic E-state index is 7.44. The van der Waals surface area contributed by atoms with Crippen LogP contribution in [0.25, 0.3) is 0 Å². The first-order chi connectivity index (χ1) is 7.65. The number of rotatable bonds is 6. The second-order valence-electron chi connectivity index (χ2n) is 4.11. The molecular formula is C13H20N2O. The molecule has 0 saturated carbocycles. The third-order valence-corrected chi connectivity index (χ3v) is 2.48. The molecule has 0 aliphatic rings. The van der Waals surface area contributed by atoms with Crippen molar-refractivity contribution in [1.29, 1.82) is 5.41 Å². The van der Waals surface area contributed by atoms with E-state index in [1.54, 1.807) is 0 Å². The Kier molecular flexibility index (Phi) is 4.83. The van der Waals surface area contributed by atoms with Gasteiger partial charge in [0.25, 0.3) is 0 Å². The molecule has 3 N–H and O–H groups in total. The number of amidine groups is 1. The van der Waals surface area contributed by atoms with Crippen molar-refractivity contribution in [1.82, 2.24) is 0 Å². The van der Waals surface area contributed by atoms with Crippen LogP contribution in [0.5, 0.6) is 5.75 Å². The summed E-state index contributed by atoms with van der Waals surface area (Å²) < 4.78 is 5.69. The standard InChI is InChI=1S/C13H20N2O/c1-3-6-10(2)9-16-12-8-5-4-7-11(12)13(14)15/h4-5,7-8,10H,3,6,9H2,1-2H3,(H3,14,15). The van der Waals surface area contributed by atoms with Gasteiger partial charge in [-0.2, -0.15) is 0 Å². The van der Waals surface area contributed by atoms with Crippen LogP contribution >= 0.6 is 0 Å². The molecule has 1 unspecified atom stereocenters. The molecular weight excluding hydrogens is 200 g/mol. The average molecular weight is 220 g/mol. The molecule has 3 heteroatoms. The Labute approximate surface area is 97.1 Å². The van der Waals surface area contributed by atoms with Crippen LogP contribution in [0.3, 0.4) is 0 Å². The molecule has 0 saturated heterocycles. The zero-order chi connectivity index (χ0) is 12.0. The maximum absolute atomic E-state index is 7.44. The van der Waals surface area contributed by atoms with Crippen molar-refractivity contribution in [2.75, 3.05) is 6.61 Å². The quantitative estimate of drug-likeness (QED) is 0.572. The average Bonchev–Trinajstić information content (AvgIpc) is 2.27. The number of nitrogen functional groups attached to an aromatic ring is 1. The van der Waals surface area contributed by atoms with Gasteiger partial charge < -0.3 is 10.5 Å². The zero-order valence-corrected chi connectivity index (χ0v) is 9.99. The van der Waals surface area contributed by atoms with Gasteiger partial charge in [-0.05, 0) is 24.5 Å². The summed E-state index contributed by atoms with van der Waals surface area (Å²) in [4.78, 5) is 0. The Morgan fingerprint density at radius 3 is 2.75 bits per heavy atom. The van der Waals surface area contributed by atoms with Gasteiger partial charge in [0.05, 0.1) is 12.2 Å². The summed E-state index contributed by atoms with van der Waals surface area (Å²) >= 11 is 0. The topological polar surface area (TPSA) is 59.1 Å². The Morgan fingerprint density at radius 2 is 2.12 bits per heavy atom. The predicted molar refractivity (Wildman–Crippen MR) is 67.0 cm³/mol. The summed E-state index contributed by atoms with van der Waals surface area (Å²) in [5.41, 5.74) is 6.16. The molecule has 1 rings (SSSR count). The molecule has 0 aliphatic heterocycles. The Morgan fingerprint density at radius 1 is 1.44 bits per heavy atom. The molecule has 0 aromatic heterocycles. The number of hydrogen-bond donors (Lipinski definition) is 2. The van der Waals surface area contributed by atoms with Crippen molar-refractivity contribution in [2.45, 2.75) is 26.7 Å². The minimum Gasteiger partial charge on any atom is -0.493 e. The number of para-hydroxylation sites is 1. The normalized spacial score (nSPS) is 12.1. The fourth-order valence-electron chi connectivity index (χ4n) is 1.62. The van der Waals surface area contributed by atoms with E-state index < -0.39 is 0 Å². The van der Waals surface area contributed by atoms with Crippen LogP contribution in [-0.2, 0) is 0 Å². The second kappa shape index (κ2) is 6.16. The molecule has 88 valence electrons. The summed E-state index contributed by atoms with van der Waals surface area (Å²) in [6.07, 6.45) is 2.32. The molecule has 0 amide bonds. The van der Waals surface area contributed by atoms with Gasteiger partial charge in [0.2, 0.25) is 0 Å². The number of nitrogens with one attached hydrogen (secondary N) is 1. The number of benzene rings is 1. The van der Waals surface area contributed by atoms with E-state index in [0.29, 0.717) is 23.8 Å². The third kappa shape index (κ3) is 3.57. The summed E-state index contributed by atoms with van der Waals surface area (Å²) in [5.74, 6) is 1.29. The SMILES string of the molecule is CCCC(C)COc1ccccc1C(=N)N. The number of hydrogen-bond acceptors (Lipinski definition) is 2. The number of nitrogens with two attached hydrogens (primary N) is 1. The third-order valence-electron chi connectivity index (χ3n) is 2.48. The summed E-state index contributed by atoms with van der Waals surface area (Å²) in [5, 5.41) is 7.44. The summed E-state index contributed by atoms with van der Waals surface area (Å²) in [6, 6.07) is 7.42. The minimum absolute atomic E-state index is 0.0544. The van der Waals surface area contributed by atoms with Crippen LogP contribution in [-0.4, -0.2) is 12.4 Å². The first kappa shape index (κ1) is 12.6. The molecule has 3 nitrogen and oxygen atoms in total. The van der Waals surface area contributed by atoms with Gasteiger partial charge in [-0.25, -0.2) is 0 Å². The van der Waals surface area contributed by atoms with E-state index >= 15 is 0 Å². The molecule has 0 radical (unpaired) electrons. The predicted octanol–water partition coefficient (Wildman–Crippen LogP) is 2.79. The highest BCUT2D eigenvalue weighted by atomic mass is 16.5. The van der Waals surface area contributed by atoms with E-state index in [1.165, 1.54) is 6.42 Å². The van der Waals surface area contributed by atoms with Gasteiger partial charge in [0.15, 0.2) is 0 Å². The highest BCUT2D eigenvalue weighted by molar-refractivity contribution is 5.97. The van der Waals surface area contributed by atoms with Gasteiger partial charge in [-0.15, -0.1) is 0 Å². The molecule has 0 fully saturated rings. The lowest BCUT2D eigenvalue weighted by atomic mass is 10.1. The van der Waals surface area contributed by atoms with Crippen molar-refractivity contribution < 1.29 is 4.74 Å². The van der Waals surface area contributed by atoms with E-state index in [2.05, 4.69) is 13.8 Å². The van der Waals surface area contributed by atoms with Gasteiger partial charge in [-0.3, -0.25) is 5.41 Å². The van der Waals surface area contributed by atoms with Crippen molar-refractivity contribution in [3.63, 3.8) is 0 Å². The molecule has 0 aliphatic carbocycles. The second-order valence-corrected chi connectivity index (χ2v) is 4.11. The van der Waals surface area contributed by atoms with Crippen molar-refractivity contribution in [2.24, 2.45) is 11.7 Å². The highest BCUT2D eigenvalue weighted by Crippen LogP contribution is 2.18.